The molecule has 0 aliphatic heterocycles. The van der Waals surface area contributed by atoms with Crippen molar-refractivity contribution in [2.45, 2.75) is 13.8 Å². The topological polar surface area (TPSA) is 93.7 Å². The molecule has 0 atom stereocenters. The predicted molar refractivity (Wildman–Crippen MR) is 105 cm³/mol. The van der Waals surface area contributed by atoms with Gasteiger partial charge in [-0.15, -0.1) is 0 Å². The van der Waals surface area contributed by atoms with Crippen LogP contribution in [0.3, 0.4) is 0 Å². The van der Waals surface area contributed by atoms with Gasteiger partial charge in [0.2, 0.25) is 0 Å². The van der Waals surface area contributed by atoms with Gasteiger partial charge in [0.05, 0.1) is 11.3 Å². The maximum Gasteiger partial charge on any atom is 0.344 e. The monoisotopic (exact) mass is 402 g/mol. The predicted octanol–water partition coefficient (Wildman–Crippen LogP) is 2.77. The summed E-state index contributed by atoms with van der Waals surface area (Å²) in [5, 5.41) is 5.32. The van der Waals surface area contributed by atoms with E-state index >= 15 is 0 Å². The van der Waals surface area contributed by atoms with E-state index in [1.54, 1.807) is 30.3 Å². The Morgan fingerprint density at radius 1 is 1.00 bits per heavy atom. The highest BCUT2D eigenvalue weighted by molar-refractivity contribution is 6.04. The molecule has 2 N–H and O–H groups in total. The van der Waals surface area contributed by atoms with E-state index in [1.807, 2.05) is 13.8 Å². The van der Waals surface area contributed by atoms with Crippen molar-refractivity contribution < 1.29 is 28.2 Å². The normalized spacial score (nSPS) is 10.3. The van der Waals surface area contributed by atoms with Gasteiger partial charge in [0.25, 0.3) is 11.8 Å². The van der Waals surface area contributed by atoms with Crippen LogP contribution in [-0.2, 0) is 14.3 Å². The molecule has 29 heavy (non-hydrogen) atoms. The number of amides is 2. The highest BCUT2D eigenvalue weighted by Crippen LogP contribution is 2.16. The van der Waals surface area contributed by atoms with Gasteiger partial charge in [-0.2, -0.15) is 0 Å². The average molecular weight is 402 g/mol. The molecule has 0 saturated carbocycles. The molecule has 0 unspecified atom stereocenters. The van der Waals surface area contributed by atoms with Gasteiger partial charge in [-0.3, -0.25) is 9.59 Å². The van der Waals surface area contributed by atoms with Crippen molar-refractivity contribution in [1.29, 1.82) is 0 Å². The fourth-order valence-corrected chi connectivity index (χ4v) is 2.25. The molecular formula is C21H23FN2O5. The quantitative estimate of drug-likeness (QED) is 0.629. The standard InChI is InChI=1S/C21H23FN2O5/c1-14(2)11-23-21(27)15-7-3-5-9-17(15)24-19(25)12-29-20(26)13-28-18-10-6-4-8-16(18)22/h3-10,14H,11-13H2,1-2H3,(H,23,27)(H,24,25). The zero-order valence-corrected chi connectivity index (χ0v) is 16.2. The van der Waals surface area contributed by atoms with Crippen molar-refractivity contribution in [2.75, 3.05) is 25.1 Å². The number of halogens is 1. The van der Waals surface area contributed by atoms with Crippen LogP contribution in [0.4, 0.5) is 10.1 Å². The number of esters is 1. The number of ether oxygens (including phenoxy) is 2. The number of nitrogens with one attached hydrogen (secondary N) is 2. The van der Waals surface area contributed by atoms with Gasteiger partial charge in [0.1, 0.15) is 0 Å². The molecule has 0 aliphatic carbocycles. The molecular weight excluding hydrogens is 379 g/mol. The number of anilines is 1. The minimum atomic E-state index is -0.827. The molecule has 0 heterocycles. The molecule has 0 radical (unpaired) electrons. The molecule has 2 rings (SSSR count). The minimum absolute atomic E-state index is 0.0877. The summed E-state index contributed by atoms with van der Waals surface area (Å²) in [5.74, 6) is -2.17. The molecule has 2 aromatic carbocycles. The largest absolute Gasteiger partial charge is 0.479 e. The van der Waals surface area contributed by atoms with E-state index in [0.717, 1.165) is 0 Å². The minimum Gasteiger partial charge on any atom is -0.479 e. The van der Waals surface area contributed by atoms with Gasteiger partial charge in [0, 0.05) is 6.54 Å². The van der Waals surface area contributed by atoms with Crippen molar-refractivity contribution >= 4 is 23.5 Å². The van der Waals surface area contributed by atoms with Crippen LogP contribution >= 0.6 is 0 Å². The zero-order chi connectivity index (χ0) is 21.2. The fraction of sp³-hybridized carbons (Fsp3) is 0.286. The van der Waals surface area contributed by atoms with E-state index in [0.29, 0.717) is 17.8 Å². The molecule has 8 heteroatoms. The highest BCUT2D eigenvalue weighted by atomic mass is 19.1. The van der Waals surface area contributed by atoms with Gasteiger partial charge >= 0.3 is 5.97 Å². The van der Waals surface area contributed by atoms with Crippen LogP contribution in [0.25, 0.3) is 0 Å². The van der Waals surface area contributed by atoms with Crippen molar-refractivity contribution in [1.82, 2.24) is 5.32 Å². The van der Waals surface area contributed by atoms with Crippen LogP contribution in [0, 0.1) is 11.7 Å². The second-order valence-electron chi connectivity index (χ2n) is 6.58. The molecule has 0 aliphatic rings. The Balaban J connectivity index is 1.84. The van der Waals surface area contributed by atoms with Crippen molar-refractivity contribution in [3.05, 3.63) is 59.9 Å². The lowest BCUT2D eigenvalue weighted by Gasteiger charge is -2.13. The first-order valence-electron chi connectivity index (χ1n) is 9.07. The summed E-state index contributed by atoms with van der Waals surface area (Å²) in [5.41, 5.74) is 0.605. The van der Waals surface area contributed by atoms with E-state index in [2.05, 4.69) is 10.6 Å². The number of rotatable bonds is 9. The first-order chi connectivity index (χ1) is 13.9. The number of carbonyl (C=O) groups is 3. The summed E-state index contributed by atoms with van der Waals surface area (Å²) in [6.07, 6.45) is 0. The molecule has 2 aromatic rings. The smallest absolute Gasteiger partial charge is 0.344 e. The summed E-state index contributed by atoms with van der Waals surface area (Å²) in [6.45, 7) is 3.33. The third kappa shape index (κ3) is 7.25. The molecule has 2 amide bonds. The van der Waals surface area contributed by atoms with Gasteiger partial charge in [0.15, 0.2) is 24.8 Å². The lowest BCUT2D eigenvalue weighted by Crippen LogP contribution is -2.29. The summed E-state index contributed by atoms with van der Waals surface area (Å²) in [4.78, 5) is 36.0. The Hall–Kier alpha value is -3.42. The third-order valence-electron chi connectivity index (χ3n) is 3.66. The molecule has 0 saturated heterocycles. The summed E-state index contributed by atoms with van der Waals surface area (Å²) >= 11 is 0. The van der Waals surface area contributed by atoms with Gasteiger partial charge in [-0.25, -0.2) is 9.18 Å². The van der Waals surface area contributed by atoms with Gasteiger partial charge in [-0.1, -0.05) is 38.1 Å². The Labute approximate surface area is 168 Å². The number of benzene rings is 2. The lowest BCUT2D eigenvalue weighted by atomic mass is 10.1. The number of hydrogen-bond acceptors (Lipinski definition) is 5. The summed E-state index contributed by atoms with van der Waals surface area (Å²) < 4.78 is 23.3. The second-order valence-corrected chi connectivity index (χ2v) is 6.58. The van der Waals surface area contributed by atoms with Crippen LogP contribution in [0.1, 0.15) is 24.2 Å². The van der Waals surface area contributed by atoms with Crippen LogP contribution in [0.5, 0.6) is 5.75 Å². The van der Waals surface area contributed by atoms with Crippen LogP contribution in [0.15, 0.2) is 48.5 Å². The second kappa shape index (κ2) is 10.8. The Morgan fingerprint density at radius 2 is 1.69 bits per heavy atom. The van der Waals surface area contributed by atoms with Gasteiger partial charge < -0.3 is 20.1 Å². The maximum atomic E-state index is 13.4. The Bertz CT molecular complexity index is 870. The maximum absolute atomic E-state index is 13.4. The van der Waals surface area contributed by atoms with Crippen LogP contribution in [0.2, 0.25) is 0 Å². The summed E-state index contributed by atoms with van der Waals surface area (Å²) in [6, 6.07) is 12.1. The van der Waals surface area contributed by atoms with E-state index < -0.39 is 30.9 Å². The third-order valence-corrected chi connectivity index (χ3v) is 3.66. The molecule has 154 valence electrons. The first-order valence-corrected chi connectivity index (χ1v) is 9.07. The Kier molecular flexibility index (Phi) is 8.14. The van der Waals surface area contributed by atoms with Crippen molar-refractivity contribution in [3.8, 4) is 5.75 Å². The number of carbonyl (C=O) groups excluding carboxylic acids is 3. The van der Waals surface area contributed by atoms with E-state index in [9.17, 15) is 18.8 Å². The van der Waals surface area contributed by atoms with Crippen molar-refractivity contribution in [2.24, 2.45) is 5.92 Å². The lowest BCUT2D eigenvalue weighted by molar-refractivity contribution is -0.149. The van der Waals surface area contributed by atoms with E-state index in [1.165, 1.54) is 18.2 Å². The van der Waals surface area contributed by atoms with Crippen LogP contribution in [-0.4, -0.2) is 37.5 Å². The fourth-order valence-electron chi connectivity index (χ4n) is 2.25. The summed E-state index contributed by atoms with van der Waals surface area (Å²) in [7, 11) is 0. The van der Waals surface area contributed by atoms with Gasteiger partial charge in [-0.05, 0) is 30.2 Å². The Morgan fingerprint density at radius 3 is 2.41 bits per heavy atom. The zero-order valence-electron chi connectivity index (χ0n) is 16.2. The molecule has 7 nitrogen and oxygen atoms in total. The average Bonchev–Trinajstić information content (AvgIpc) is 2.70. The molecule has 0 fully saturated rings. The van der Waals surface area contributed by atoms with E-state index in [-0.39, 0.29) is 17.6 Å². The number of hydrogen-bond donors (Lipinski definition) is 2. The van der Waals surface area contributed by atoms with Crippen molar-refractivity contribution in [3.63, 3.8) is 0 Å². The van der Waals surface area contributed by atoms with Crippen LogP contribution < -0.4 is 15.4 Å². The number of para-hydroxylation sites is 2. The highest BCUT2D eigenvalue weighted by Gasteiger charge is 2.15. The molecule has 0 spiro atoms. The first kappa shape index (κ1) is 21.9. The molecule has 0 bridgehead atoms. The molecule has 0 aromatic heterocycles. The van der Waals surface area contributed by atoms with E-state index in [4.69, 9.17) is 9.47 Å². The SMILES string of the molecule is CC(C)CNC(=O)c1ccccc1NC(=O)COC(=O)COc1ccccc1F.